The zero-order chi connectivity index (χ0) is 23.0. The number of amides is 3. The molecule has 2 aliphatic heterocycles. The number of hydrogen-bond acceptors (Lipinski definition) is 5. The summed E-state index contributed by atoms with van der Waals surface area (Å²) in [6.45, 7) is 6.34. The third-order valence-electron chi connectivity index (χ3n) is 5.18. The number of thiocarbonyl (C=S) groups is 1. The number of nitrogens with one attached hydrogen (secondary N) is 1. The lowest BCUT2D eigenvalue weighted by Crippen LogP contribution is -2.36. The van der Waals surface area contributed by atoms with Crippen LogP contribution in [0.3, 0.4) is 0 Å². The van der Waals surface area contributed by atoms with Gasteiger partial charge >= 0.3 is 0 Å². The number of nitrogens with zero attached hydrogens (tertiary/aromatic N) is 2. The lowest BCUT2D eigenvalue weighted by molar-refractivity contribution is -0.122. The first-order chi connectivity index (χ1) is 15.3. The molecule has 6 nitrogen and oxygen atoms in total. The molecule has 1 N–H and O–H groups in total. The largest absolute Gasteiger partial charge is 0.325 e. The molecule has 32 heavy (non-hydrogen) atoms. The van der Waals surface area contributed by atoms with E-state index in [-0.39, 0.29) is 30.2 Å². The monoisotopic (exact) mass is 465 g/mol. The van der Waals surface area contributed by atoms with Gasteiger partial charge in [-0.2, -0.15) is 0 Å². The standard InChI is InChI=1S/C24H23N3O3S2/c1-14(2)12-27-23(30)21(32-24(27)31)20-17-6-4-5-7-18(17)26(22(20)29)13-19(28)25-16-10-8-15(3)9-11-16/h4-11,14H,12-13H2,1-3H3,(H,25,28)/b21-20-. The fourth-order valence-electron chi connectivity index (χ4n) is 3.71. The quantitative estimate of drug-likeness (QED) is 0.529. The molecule has 2 aromatic rings. The van der Waals surface area contributed by atoms with Crippen molar-refractivity contribution >= 4 is 63.0 Å². The highest BCUT2D eigenvalue weighted by atomic mass is 32.2. The van der Waals surface area contributed by atoms with E-state index >= 15 is 0 Å². The predicted octanol–water partition coefficient (Wildman–Crippen LogP) is 4.21. The van der Waals surface area contributed by atoms with Crippen molar-refractivity contribution in [1.82, 2.24) is 4.90 Å². The number of benzene rings is 2. The van der Waals surface area contributed by atoms with Crippen molar-refractivity contribution in [2.24, 2.45) is 5.92 Å². The van der Waals surface area contributed by atoms with Crippen LogP contribution >= 0.6 is 24.0 Å². The van der Waals surface area contributed by atoms with Gasteiger partial charge in [0.25, 0.3) is 11.8 Å². The molecule has 0 aliphatic carbocycles. The van der Waals surface area contributed by atoms with E-state index in [1.54, 1.807) is 17.0 Å². The van der Waals surface area contributed by atoms with Crippen molar-refractivity contribution in [3.63, 3.8) is 0 Å². The average Bonchev–Trinajstić information content (AvgIpc) is 3.17. The number of carbonyl (C=O) groups is 3. The normalized spacial score (nSPS) is 18.1. The van der Waals surface area contributed by atoms with Crippen LogP contribution in [-0.2, 0) is 14.4 Å². The van der Waals surface area contributed by atoms with Crippen LogP contribution in [0.2, 0.25) is 0 Å². The molecule has 1 saturated heterocycles. The molecule has 0 atom stereocenters. The second kappa shape index (κ2) is 8.88. The number of carbonyl (C=O) groups excluding carboxylic acids is 3. The summed E-state index contributed by atoms with van der Waals surface area (Å²) in [5.41, 5.74) is 3.32. The Balaban J connectivity index is 1.63. The van der Waals surface area contributed by atoms with E-state index in [4.69, 9.17) is 12.2 Å². The molecular formula is C24H23N3O3S2. The number of thioether (sulfide) groups is 1. The van der Waals surface area contributed by atoms with E-state index in [9.17, 15) is 14.4 Å². The molecule has 2 aromatic carbocycles. The topological polar surface area (TPSA) is 69.7 Å². The minimum Gasteiger partial charge on any atom is -0.325 e. The molecule has 0 spiro atoms. The van der Waals surface area contributed by atoms with Gasteiger partial charge in [-0.05, 0) is 31.0 Å². The fraction of sp³-hybridized carbons (Fsp3) is 0.250. The SMILES string of the molecule is Cc1ccc(NC(=O)CN2C(=O)/C(=C3\SC(=S)N(CC(C)C)C3=O)c3ccccc32)cc1. The van der Waals surface area contributed by atoms with E-state index < -0.39 is 0 Å². The lowest BCUT2D eigenvalue weighted by atomic mass is 10.1. The maximum atomic E-state index is 13.4. The van der Waals surface area contributed by atoms with Crippen LogP contribution in [0.15, 0.2) is 53.4 Å². The number of rotatable bonds is 5. The summed E-state index contributed by atoms with van der Waals surface area (Å²) >= 11 is 6.56. The van der Waals surface area contributed by atoms with Crippen LogP contribution in [0.5, 0.6) is 0 Å². The van der Waals surface area contributed by atoms with E-state index in [2.05, 4.69) is 5.32 Å². The Morgan fingerprint density at radius 3 is 2.41 bits per heavy atom. The van der Waals surface area contributed by atoms with E-state index in [1.165, 1.54) is 4.90 Å². The Hall–Kier alpha value is -2.97. The molecule has 0 unspecified atom stereocenters. The molecule has 0 bridgehead atoms. The molecule has 1 fully saturated rings. The van der Waals surface area contributed by atoms with Gasteiger partial charge in [-0.1, -0.05) is 73.7 Å². The summed E-state index contributed by atoms with van der Waals surface area (Å²) < 4.78 is 0.451. The zero-order valence-corrected chi connectivity index (χ0v) is 19.7. The molecule has 2 aliphatic rings. The second-order valence-electron chi connectivity index (χ2n) is 8.20. The first-order valence-electron chi connectivity index (χ1n) is 10.3. The zero-order valence-electron chi connectivity index (χ0n) is 18.0. The van der Waals surface area contributed by atoms with Crippen LogP contribution in [-0.4, -0.2) is 40.0 Å². The number of para-hydroxylation sites is 1. The highest BCUT2D eigenvalue weighted by molar-refractivity contribution is 8.26. The molecule has 8 heteroatoms. The van der Waals surface area contributed by atoms with Gasteiger partial charge in [0, 0.05) is 17.8 Å². The first-order valence-corrected chi connectivity index (χ1v) is 11.5. The molecule has 4 rings (SSSR count). The number of hydrogen-bond donors (Lipinski definition) is 1. The molecule has 0 aromatic heterocycles. The predicted molar refractivity (Wildman–Crippen MR) is 132 cm³/mol. The van der Waals surface area contributed by atoms with Gasteiger partial charge < -0.3 is 5.32 Å². The van der Waals surface area contributed by atoms with Gasteiger partial charge in [0.2, 0.25) is 5.91 Å². The van der Waals surface area contributed by atoms with E-state index in [0.29, 0.717) is 38.3 Å². The Labute approximate surface area is 196 Å². The summed E-state index contributed by atoms with van der Waals surface area (Å²) in [7, 11) is 0. The van der Waals surface area contributed by atoms with Crippen LogP contribution in [0.4, 0.5) is 11.4 Å². The third kappa shape index (κ3) is 4.20. The molecule has 0 radical (unpaired) electrons. The Morgan fingerprint density at radius 2 is 1.72 bits per heavy atom. The summed E-state index contributed by atoms with van der Waals surface area (Å²) in [6, 6.07) is 14.7. The number of anilines is 2. The minimum atomic E-state index is -0.365. The third-order valence-corrected chi connectivity index (χ3v) is 6.63. The van der Waals surface area contributed by atoms with Crippen LogP contribution in [0.1, 0.15) is 25.0 Å². The summed E-state index contributed by atoms with van der Waals surface area (Å²) in [5, 5.41) is 2.83. The first kappa shape index (κ1) is 22.2. The molecular weight excluding hydrogens is 442 g/mol. The highest BCUT2D eigenvalue weighted by Gasteiger charge is 2.42. The maximum absolute atomic E-state index is 13.4. The molecule has 3 amide bonds. The molecule has 164 valence electrons. The molecule has 2 heterocycles. The summed E-state index contributed by atoms with van der Waals surface area (Å²) in [4.78, 5) is 42.5. The fourth-order valence-corrected chi connectivity index (χ4v) is 5.06. The maximum Gasteiger partial charge on any atom is 0.267 e. The van der Waals surface area contributed by atoms with Crippen LogP contribution in [0, 0.1) is 12.8 Å². The van der Waals surface area contributed by atoms with Gasteiger partial charge in [-0.25, -0.2) is 0 Å². The van der Waals surface area contributed by atoms with E-state index in [1.807, 2.05) is 57.2 Å². The second-order valence-corrected chi connectivity index (χ2v) is 9.85. The summed E-state index contributed by atoms with van der Waals surface area (Å²) in [6.07, 6.45) is 0. The van der Waals surface area contributed by atoms with Gasteiger partial charge in [0.1, 0.15) is 10.9 Å². The van der Waals surface area contributed by atoms with Crippen LogP contribution in [0.25, 0.3) is 5.57 Å². The van der Waals surface area contributed by atoms with Crippen molar-refractivity contribution in [2.75, 3.05) is 23.3 Å². The number of aryl methyl sites for hydroxylation is 1. The van der Waals surface area contributed by atoms with Gasteiger partial charge in [0.15, 0.2) is 0 Å². The van der Waals surface area contributed by atoms with Crippen molar-refractivity contribution in [3.05, 3.63) is 64.6 Å². The molecule has 0 saturated carbocycles. The highest BCUT2D eigenvalue weighted by Crippen LogP contribution is 2.44. The van der Waals surface area contributed by atoms with E-state index in [0.717, 1.165) is 17.3 Å². The van der Waals surface area contributed by atoms with Crippen molar-refractivity contribution in [3.8, 4) is 0 Å². The minimum absolute atomic E-state index is 0.153. The Morgan fingerprint density at radius 1 is 1.03 bits per heavy atom. The Bertz CT molecular complexity index is 1160. The van der Waals surface area contributed by atoms with Crippen molar-refractivity contribution in [1.29, 1.82) is 0 Å². The van der Waals surface area contributed by atoms with Gasteiger partial charge in [0.05, 0.1) is 16.2 Å². The summed E-state index contributed by atoms with van der Waals surface area (Å²) in [5.74, 6) is -0.686. The van der Waals surface area contributed by atoms with Gasteiger partial charge in [-0.15, -0.1) is 0 Å². The average molecular weight is 466 g/mol. The van der Waals surface area contributed by atoms with Crippen LogP contribution < -0.4 is 10.2 Å². The Kier molecular flexibility index (Phi) is 6.17. The number of fused-ring (bicyclic) bond motifs is 1. The van der Waals surface area contributed by atoms with Crippen molar-refractivity contribution in [2.45, 2.75) is 20.8 Å². The van der Waals surface area contributed by atoms with Gasteiger partial charge in [-0.3, -0.25) is 24.2 Å². The lowest BCUT2D eigenvalue weighted by Gasteiger charge is -2.17. The smallest absolute Gasteiger partial charge is 0.267 e. The van der Waals surface area contributed by atoms with Crippen molar-refractivity contribution < 1.29 is 14.4 Å².